The van der Waals surface area contributed by atoms with Crippen LogP contribution < -0.4 is 4.74 Å². The maximum Gasteiger partial charge on any atom is 0.410 e. The molecular formula is C19H28N2O3Si. The van der Waals surface area contributed by atoms with Crippen molar-refractivity contribution in [2.75, 3.05) is 13.1 Å². The van der Waals surface area contributed by atoms with Crippen LogP contribution in [0.1, 0.15) is 32.9 Å². The first-order valence-corrected chi connectivity index (χ1v) is 12.2. The van der Waals surface area contributed by atoms with Gasteiger partial charge in [-0.1, -0.05) is 25.6 Å². The van der Waals surface area contributed by atoms with Gasteiger partial charge < -0.3 is 14.4 Å². The van der Waals surface area contributed by atoms with Gasteiger partial charge in [-0.3, -0.25) is 0 Å². The first kappa shape index (κ1) is 19.3. The van der Waals surface area contributed by atoms with Crippen LogP contribution in [0.25, 0.3) is 0 Å². The highest BCUT2D eigenvalue weighted by molar-refractivity contribution is 6.83. The van der Waals surface area contributed by atoms with Gasteiger partial charge in [0.15, 0.2) is 0 Å². The van der Waals surface area contributed by atoms with Crippen molar-refractivity contribution in [1.29, 1.82) is 0 Å². The molecular weight excluding hydrogens is 332 g/mol. The van der Waals surface area contributed by atoms with Crippen molar-refractivity contribution in [3.05, 3.63) is 24.0 Å². The molecule has 0 N–H and O–H groups in total. The number of carbonyl (C=O) groups excluding carboxylic acids is 1. The second-order valence-corrected chi connectivity index (χ2v) is 13.1. The van der Waals surface area contributed by atoms with E-state index in [0.717, 1.165) is 12.1 Å². The average Bonchev–Trinajstić information content (AvgIpc) is 2.93. The monoisotopic (exact) mass is 360 g/mol. The van der Waals surface area contributed by atoms with Crippen LogP contribution in [0.3, 0.4) is 0 Å². The lowest BCUT2D eigenvalue weighted by molar-refractivity contribution is 0.0275. The third kappa shape index (κ3) is 6.79. The molecule has 1 aliphatic heterocycles. The predicted octanol–water partition coefficient (Wildman–Crippen LogP) is 3.70. The Labute approximate surface area is 151 Å². The lowest BCUT2D eigenvalue weighted by Crippen LogP contribution is -2.36. The van der Waals surface area contributed by atoms with Gasteiger partial charge >= 0.3 is 6.09 Å². The molecule has 25 heavy (non-hydrogen) atoms. The van der Waals surface area contributed by atoms with Crippen molar-refractivity contribution < 1.29 is 14.3 Å². The summed E-state index contributed by atoms with van der Waals surface area (Å²) in [5, 5.41) is 0. The molecule has 0 spiro atoms. The van der Waals surface area contributed by atoms with Crippen molar-refractivity contribution in [2.24, 2.45) is 0 Å². The summed E-state index contributed by atoms with van der Waals surface area (Å²) < 4.78 is 11.3. The van der Waals surface area contributed by atoms with E-state index in [0.29, 0.717) is 18.8 Å². The average molecular weight is 361 g/mol. The molecule has 5 nitrogen and oxygen atoms in total. The topological polar surface area (TPSA) is 51.7 Å². The SMILES string of the molecule is CC(C)(C)OC(=O)N1CC[C@@H](Oc2ccc(C#C[Si](C)(C)C)nc2)C1. The number of hydrogen-bond acceptors (Lipinski definition) is 4. The highest BCUT2D eigenvalue weighted by Gasteiger charge is 2.30. The van der Waals surface area contributed by atoms with E-state index in [-0.39, 0.29) is 12.2 Å². The van der Waals surface area contributed by atoms with E-state index in [1.54, 1.807) is 11.1 Å². The smallest absolute Gasteiger partial charge is 0.410 e. The first-order valence-electron chi connectivity index (χ1n) is 8.66. The zero-order valence-corrected chi connectivity index (χ0v) is 17.0. The van der Waals surface area contributed by atoms with Crippen molar-refractivity contribution in [1.82, 2.24) is 9.88 Å². The van der Waals surface area contributed by atoms with Crippen LogP contribution >= 0.6 is 0 Å². The predicted molar refractivity (Wildman–Crippen MR) is 101 cm³/mol. The zero-order valence-electron chi connectivity index (χ0n) is 16.0. The quantitative estimate of drug-likeness (QED) is 0.596. The molecule has 1 aromatic heterocycles. The lowest BCUT2D eigenvalue weighted by atomic mass is 10.2. The van der Waals surface area contributed by atoms with Crippen LogP contribution in [-0.2, 0) is 4.74 Å². The Morgan fingerprint density at radius 3 is 2.60 bits per heavy atom. The molecule has 1 aromatic rings. The number of rotatable bonds is 2. The standard InChI is InChI=1S/C19H28N2O3Si/c1-19(2,3)24-18(22)21-11-9-17(14-21)23-16-8-7-15(20-13-16)10-12-25(4,5)6/h7-8,13,17H,9,11,14H2,1-6H3/t17-/m1/s1. The number of pyridine rings is 1. The van der Waals surface area contributed by atoms with Crippen LogP contribution in [0, 0.1) is 11.5 Å². The lowest BCUT2D eigenvalue weighted by Gasteiger charge is -2.24. The summed E-state index contributed by atoms with van der Waals surface area (Å²) >= 11 is 0. The molecule has 0 bridgehead atoms. The minimum Gasteiger partial charge on any atom is -0.487 e. The maximum atomic E-state index is 12.1. The summed E-state index contributed by atoms with van der Waals surface area (Å²) in [4.78, 5) is 18.1. The summed E-state index contributed by atoms with van der Waals surface area (Å²) in [6.07, 6.45) is 2.17. The fourth-order valence-electron chi connectivity index (χ4n) is 2.28. The van der Waals surface area contributed by atoms with E-state index in [9.17, 15) is 4.79 Å². The fourth-order valence-corrected chi connectivity index (χ4v) is 2.79. The van der Waals surface area contributed by atoms with Crippen molar-refractivity contribution in [3.63, 3.8) is 0 Å². The molecule has 0 unspecified atom stereocenters. The second kappa shape index (κ2) is 7.48. The number of nitrogens with zero attached hydrogens (tertiary/aromatic N) is 2. The summed E-state index contributed by atoms with van der Waals surface area (Å²) in [6.45, 7) is 13.4. The summed E-state index contributed by atoms with van der Waals surface area (Å²) in [5.74, 6) is 3.83. The number of amides is 1. The molecule has 1 saturated heterocycles. The van der Waals surface area contributed by atoms with Gasteiger partial charge in [-0.15, -0.1) is 5.54 Å². The van der Waals surface area contributed by atoms with Gasteiger partial charge in [0.25, 0.3) is 0 Å². The largest absolute Gasteiger partial charge is 0.487 e. The summed E-state index contributed by atoms with van der Waals surface area (Å²) in [5.41, 5.74) is 3.58. The van der Waals surface area contributed by atoms with Crippen molar-refractivity contribution in [2.45, 2.75) is 58.5 Å². The molecule has 136 valence electrons. The van der Waals surface area contributed by atoms with E-state index < -0.39 is 13.7 Å². The minimum absolute atomic E-state index is 0.0340. The van der Waals surface area contributed by atoms with Crippen LogP contribution in [-0.4, -0.2) is 48.8 Å². The van der Waals surface area contributed by atoms with Gasteiger partial charge in [0.2, 0.25) is 0 Å². The summed E-state index contributed by atoms with van der Waals surface area (Å²) in [7, 11) is -1.40. The highest BCUT2D eigenvalue weighted by atomic mass is 28.3. The van der Waals surface area contributed by atoms with Gasteiger partial charge in [-0.05, 0) is 32.9 Å². The fraction of sp³-hybridized carbons (Fsp3) is 0.579. The normalized spacial score (nSPS) is 17.7. The molecule has 1 amide bonds. The first-order chi connectivity index (χ1) is 11.5. The van der Waals surface area contributed by atoms with Crippen molar-refractivity contribution >= 4 is 14.2 Å². The van der Waals surface area contributed by atoms with E-state index in [1.807, 2.05) is 32.9 Å². The third-order valence-electron chi connectivity index (χ3n) is 3.40. The van der Waals surface area contributed by atoms with E-state index >= 15 is 0 Å². The van der Waals surface area contributed by atoms with E-state index in [2.05, 4.69) is 36.1 Å². The Morgan fingerprint density at radius 1 is 1.32 bits per heavy atom. The van der Waals surface area contributed by atoms with Gasteiger partial charge in [0, 0.05) is 13.0 Å². The van der Waals surface area contributed by atoms with Crippen LogP contribution in [0.5, 0.6) is 5.75 Å². The van der Waals surface area contributed by atoms with Gasteiger partial charge in [0.05, 0.1) is 12.7 Å². The number of ether oxygens (including phenoxy) is 2. The number of aromatic nitrogens is 1. The maximum absolute atomic E-state index is 12.1. The van der Waals surface area contributed by atoms with Crippen molar-refractivity contribution in [3.8, 4) is 17.2 Å². The highest BCUT2D eigenvalue weighted by Crippen LogP contribution is 2.20. The molecule has 2 rings (SSSR count). The molecule has 0 aliphatic carbocycles. The number of likely N-dealkylation sites (tertiary alicyclic amines) is 1. The molecule has 2 heterocycles. The molecule has 1 aliphatic rings. The molecule has 6 heteroatoms. The molecule has 1 atom stereocenters. The Morgan fingerprint density at radius 2 is 2.04 bits per heavy atom. The number of hydrogen-bond donors (Lipinski definition) is 0. The molecule has 0 radical (unpaired) electrons. The van der Waals surface area contributed by atoms with Crippen LogP contribution in [0.4, 0.5) is 4.79 Å². The Balaban J connectivity index is 1.89. The second-order valence-electron chi connectivity index (χ2n) is 8.33. The Bertz CT molecular complexity index is 663. The zero-order chi connectivity index (χ0) is 18.7. The molecule has 0 aromatic carbocycles. The molecule has 1 fully saturated rings. The van der Waals surface area contributed by atoms with Crippen LogP contribution in [0.15, 0.2) is 18.3 Å². The van der Waals surface area contributed by atoms with Gasteiger partial charge in [-0.25, -0.2) is 9.78 Å². The summed E-state index contributed by atoms with van der Waals surface area (Å²) in [6, 6.07) is 3.76. The van der Waals surface area contributed by atoms with E-state index in [4.69, 9.17) is 9.47 Å². The Kier molecular flexibility index (Phi) is 5.78. The van der Waals surface area contributed by atoms with Gasteiger partial charge in [-0.2, -0.15) is 0 Å². The Hall–Kier alpha value is -2.00. The molecule has 0 saturated carbocycles. The van der Waals surface area contributed by atoms with Crippen LogP contribution in [0.2, 0.25) is 19.6 Å². The van der Waals surface area contributed by atoms with Gasteiger partial charge in [0.1, 0.15) is 31.2 Å². The van der Waals surface area contributed by atoms with E-state index in [1.165, 1.54) is 0 Å². The minimum atomic E-state index is -1.40. The third-order valence-corrected chi connectivity index (χ3v) is 4.28. The number of carbonyl (C=O) groups is 1.